The molecule has 0 fully saturated rings. The van der Waals surface area contributed by atoms with E-state index in [1.807, 2.05) is 72.8 Å². The van der Waals surface area contributed by atoms with Crippen LogP contribution in [0.25, 0.3) is 16.9 Å². The molecule has 1 aliphatic heterocycles. The van der Waals surface area contributed by atoms with Gasteiger partial charge in [-0.2, -0.15) is 16.9 Å². The molecule has 0 atom stereocenters. The maximum absolute atomic E-state index is 13.6. The van der Waals surface area contributed by atoms with Crippen molar-refractivity contribution in [1.82, 2.24) is 14.9 Å². The number of ether oxygens (including phenoxy) is 1. The molecule has 0 saturated carbocycles. The molecule has 9 heteroatoms. The highest BCUT2D eigenvalue weighted by Crippen LogP contribution is 2.38. The van der Waals surface area contributed by atoms with Gasteiger partial charge in [0.15, 0.2) is 0 Å². The van der Waals surface area contributed by atoms with Gasteiger partial charge in [0.25, 0.3) is 5.91 Å². The third-order valence-electron chi connectivity index (χ3n) is 6.06. The highest BCUT2D eigenvalue weighted by atomic mass is 35.5. The van der Waals surface area contributed by atoms with Gasteiger partial charge in [0.2, 0.25) is 0 Å². The number of carbonyl (C=O) groups excluding carboxylic acids is 1. The molecule has 0 saturated heterocycles. The van der Waals surface area contributed by atoms with Crippen LogP contribution in [0.3, 0.4) is 0 Å². The number of para-hydroxylation sites is 1. The van der Waals surface area contributed by atoms with E-state index in [1.54, 1.807) is 29.4 Å². The van der Waals surface area contributed by atoms with Crippen molar-refractivity contribution < 1.29 is 14.1 Å². The SMILES string of the molecule is Cc1onc(-c2ccccc2Cl)c1C(=O)Nc1c2c(nn1-c1ccc(Oc3ccccc3)cc1)CSC2. The van der Waals surface area contributed by atoms with Gasteiger partial charge in [-0.1, -0.05) is 53.2 Å². The van der Waals surface area contributed by atoms with Crippen molar-refractivity contribution in [3.63, 3.8) is 0 Å². The fourth-order valence-electron chi connectivity index (χ4n) is 4.25. The number of fused-ring (bicyclic) bond motifs is 1. The summed E-state index contributed by atoms with van der Waals surface area (Å²) in [6.07, 6.45) is 0. The highest BCUT2D eigenvalue weighted by Gasteiger charge is 2.28. The van der Waals surface area contributed by atoms with E-state index in [4.69, 9.17) is 26.0 Å². The summed E-state index contributed by atoms with van der Waals surface area (Å²) >= 11 is 8.16. The molecule has 0 aliphatic carbocycles. The van der Waals surface area contributed by atoms with E-state index < -0.39 is 0 Å². The van der Waals surface area contributed by atoms with E-state index in [2.05, 4.69) is 10.5 Å². The van der Waals surface area contributed by atoms with E-state index in [-0.39, 0.29) is 5.91 Å². The van der Waals surface area contributed by atoms with Crippen LogP contribution in [-0.4, -0.2) is 20.8 Å². The Kier molecular flexibility index (Phi) is 6.20. The van der Waals surface area contributed by atoms with Gasteiger partial charge in [0, 0.05) is 22.6 Å². The fraction of sp³-hybridized carbons (Fsp3) is 0.107. The van der Waals surface area contributed by atoms with Gasteiger partial charge >= 0.3 is 0 Å². The van der Waals surface area contributed by atoms with E-state index >= 15 is 0 Å². The minimum absolute atomic E-state index is 0.335. The third-order valence-corrected chi connectivity index (χ3v) is 7.36. The second-order valence-corrected chi connectivity index (χ2v) is 9.88. The number of anilines is 1. The summed E-state index contributed by atoms with van der Waals surface area (Å²) in [6.45, 7) is 1.71. The predicted molar refractivity (Wildman–Crippen MR) is 145 cm³/mol. The maximum atomic E-state index is 13.6. The second-order valence-electron chi connectivity index (χ2n) is 8.48. The first-order valence-electron chi connectivity index (χ1n) is 11.6. The Bertz CT molecular complexity index is 1600. The standard InChI is InChI=1S/C28H21ClN4O3S/c1-17-25(26(32-36-17)21-9-5-6-10-23(21)29)28(34)30-27-22-15-37-16-24(22)31-33(27)18-11-13-20(14-12-18)35-19-7-3-2-4-8-19/h2-14H,15-16H2,1H3,(H,30,34). The number of carbonyl (C=O) groups is 1. The molecule has 0 spiro atoms. The summed E-state index contributed by atoms with van der Waals surface area (Å²) in [5.41, 5.74) is 4.15. The van der Waals surface area contributed by atoms with Crippen molar-refractivity contribution in [3.05, 3.63) is 106 Å². The molecule has 0 unspecified atom stereocenters. The van der Waals surface area contributed by atoms with Crippen molar-refractivity contribution in [2.75, 3.05) is 5.32 Å². The first-order chi connectivity index (χ1) is 18.1. The molecule has 3 heterocycles. The second kappa shape index (κ2) is 9.80. The van der Waals surface area contributed by atoms with Crippen LogP contribution >= 0.6 is 23.4 Å². The number of thioether (sulfide) groups is 1. The van der Waals surface area contributed by atoms with Crippen LogP contribution in [0.15, 0.2) is 83.4 Å². The lowest BCUT2D eigenvalue weighted by molar-refractivity contribution is 0.102. The predicted octanol–water partition coefficient (Wildman–Crippen LogP) is 7.28. The van der Waals surface area contributed by atoms with Gasteiger partial charge in [0.1, 0.15) is 34.3 Å². The van der Waals surface area contributed by atoms with Crippen LogP contribution in [0.4, 0.5) is 5.82 Å². The van der Waals surface area contributed by atoms with E-state index in [0.29, 0.717) is 39.2 Å². The monoisotopic (exact) mass is 528 g/mol. The van der Waals surface area contributed by atoms with E-state index in [1.165, 1.54) is 0 Å². The molecule has 3 aromatic carbocycles. The average Bonchev–Trinajstić information content (AvgIpc) is 3.61. The van der Waals surface area contributed by atoms with Crippen LogP contribution in [0.1, 0.15) is 27.4 Å². The molecule has 1 amide bonds. The molecule has 1 aliphatic rings. The maximum Gasteiger partial charge on any atom is 0.262 e. The molecular formula is C28H21ClN4O3S. The topological polar surface area (TPSA) is 82.2 Å². The van der Waals surface area contributed by atoms with Crippen molar-refractivity contribution in [2.24, 2.45) is 0 Å². The largest absolute Gasteiger partial charge is 0.457 e. The molecule has 37 heavy (non-hydrogen) atoms. The molecule has 6 rings (SSSR count). The minimum Gasteiger partial charge on any atom is -0.457 e. The number of nitrogens with zero attached hydrogens (tertiary/aromatic N) is 3. The van der Waals surface area contributed by atoms with Crippen LogP contribution in [0.2, 0.25) is 5.02 Å². The van der Waals surface area contributed by atoms with Crippen molar-refractivity contribution >= 4 is 35.1 Å². The Labute approximate surface area is 222 Å². The number of amides is 1. The fourth-order valence-corrected chi connectivity index (χ4v) is 5.51. The summed E-state index contributed by atoms with van der Waals surface area (Å²) < 4.78 is 13.1. The van der Waals surface area contributed by atoms with E-state index in [9.17, 15) is 4.79 Å². The minimum atomic E-state index is -0.335. The Morgan fingerprint density at radius 3 is 2.51 bits per heavy atom. The van der Waals surface area contributed by atoms with Crippen molar-refractivity contribution in [1.29, 1.82) is 0 Å². The van der Waals surface area contributed by atoms with Crippen molar-refractivity contribution in [3.8, 4) is 28.4 Å². The van der Waals surface area contributed by atoms with Crippen LogP contribution < -0.4 is 10.1 Å². The molecule has 2 aromatic heterocycles. The number of aromatic nitrogens is 3. The smallest absolute Gasteiger partial charge is 0.262 e. The Hall–Kier alpha value is -4.01. The van der Waals surface area contributed by atoms with Gasteiger partial charge in [-0.15, -0.1) is 0 Å². The number of nitrogens with one attached hydrogen (secondary N) is 1. The zero-order chi connectivity index (χ0) is 25.4. The Morgan fingerprint density at radius 1 is 1.00 bits per heavy atom. The lowest BCUT2D eigenvalue weighted by Crippen LogP contribution is -2.17. The molecule has 0 radical (unpaired) electrons. The van der Waals surface area contributed by atoms with Gasteiger partial charge in [0.05, 0.1) is 16.4 Å². The molecule has 1 N–H and O–H groups in total. The van der Waals surface area contributed by atoms with Gasteiger partial charge in [-0.25, -0.2) is 4.68 Å². The summed E-state index contributed by atoms with van der Waals surface area (Å²) in [5, 5.41) is 12.5. The van der Waals surface area contributed by atoms with Gasteiger partial charge in [-0.05, 0) is 49.4 Å². The van der Waals surface area contributed by atoms with Crippen molar-refractivity contribution in [2.45, 2.75) is 18.4 Å². The Balaban J connectivity index is 1.33. The zero-order valence-corrected chi connectivity index (χ0v) is 21.3. The number of benzene rings is 3. The lowest BCUT2D eigenvalue weighted by Gasteiger charge is -2.12. The molecule has 184 valence electrons. The van der Waals surface area contributed by atoms with Crippen LogP contribution in [-0.2, 0) is 11.5 Å². The normalized spacial score (nSPS) is 12.4. The quantitative estimate of drug-likeness (QED) is 0.249. The summed E-state index contributed by atoms with van der Waals surface area (Å²) in [6, 6.07) is 24.5. The number of aryl methyl sites for hydroxylation is 1. The Morgan fingerprint density at radius 2 is 1.73 bits per heavy atom. The number of halogens is 1. The third kappa shape index (κ3) is 4.50. The molecule has 7 nitrogen and oxygen atoms in total. The summed E-state index contributed by atoms with van der Waals surface area (Å²) in [5.74, 6) is 3.73. The summed E-state index contributed by atoms with van der Waals surface area (Å²) in [4.78, 5) is 13.6. The summed E-state index contributed by atoms with van der Waals surface area (Å²) in [7, 11) is 0. The lowest BCUT2D eigenvalue weighted by atomic mass is 10.1. The molecule has 0 bridgehead atoms. The molecular weight excluding hydrogens is 508 g/mol. The number of rotatable bonds is 6. The van der Waals surface area contributed by atoms with E-state index in [0.717, 1.165) is 34.2 Å². The number of hydrogen-bond acceptors (Lipinski definition) is 6. The first kappa shape index (κ1) is 23.4. The van der Waals surface area contributed by atoms with Gasteiger partial charge in [-0.3, -0.25) is 4.79 Å². The highest BCUT2D eigenvalue weighted by molar-refractivity contribution is 7.98. The van der Waals surface area contributed by atoms with Crippen LogP contribution in [0.5, 0.6) is 11.5 Å². The zero-order valence-electron chi connectivity index (χ0n) is 19.8. The van der Waals surface area contributed by atoms with Gasteiger partial charge < -0.3 is 14.6 Å². The van der Waals surface area contributed by atoms with Crippen LogP contribution in [0, 0.1) is 6.92 Å². The average molecular weight is 529 g/mol. The first-order valence-corrected chi connectivity index (χ1v) is 13.2. The number of hydrogen-bond donors (Lipinski definition) is 1. The molecule has 5 aromatic rings.